The van der Waals surface area contributed by atoms with E-state index < -0.39 is 0 Å². The third kappa shape index (κ3) is 4.81. The first-order valence-corrected chi connectivity index (χ1v) is 9.70. The van der Waals surface area contributed by atoms with Crippen LogP contribution in [-0.4, -0.2) is 62.8 Å². The van der Waals surface area contributed by atoms with Crippen LogP contribution < -0.4 is 14.8 Å². The van der Waals surface area contributed by atoms with Gasteiger partial charge in [0.25, 0.3) is 0 Å². The Hall–Kier alpha value is -1.95. The van der Waals surface area contributed by atoms with Gasteiger partial charge in [0, 0.05) is 25.7 Å². The highest BCUT2D eigenvalue weighted by atomic mass is 16.5. The number of piperidine rings is 2. The van der Waals surface area contributed by atoms with Gasteiger partial charge in [-0.2, -0.15) is 0 Å². The Bertz CT molecular complexity index is 594. The Balaban J connectivity index is 1.49. The van der Waals surface area contributed by atoms with Crippen molar-refractivity contribution < 1.29 is 14.3 Å². The van der Waals surface area contributed by atoms with Crippen LogP contribution in [0.2, 0.25) is 0 Å². The second kappa shape index (κ2) is 9.12. The summed E-state index contributed by atoms with van der Waals surface area (Å²) in [5, 5.41) is 2.97. The summed E-state index contributed by atoms with van der Waals surface area (Å²) in [7, 11) is 3.21. The predicted octanol–water partition coefficient (Wildman–Crippen LogP) is 3.43. The predicted molar refractivity (Wildman–Crippen MR) is 103 cm³/mol. The van der Waals surface area contributed by atoms with E-state index >= 15 is 0 Å². The summed E-state index contributed by atoms with van der Waals surface area (Å²) in [6.45, 7) is 5.34. The monoisotopic (exact) mass is 361 g/mol. The third-order valence-electron chi connectivity index (χ3n) is 5.52. The van der Waals surface area contributed by atoms with Crippen LogP contribution in [-0.2, 0) is 0 Å². The summed E-state index contributed by atoms with van der Waals surface area (Å²) < 4.78 is 10.6. The van der Waals surface area contributed by atoms with E-state index in [4.69, 9.17) is 9.47 Å². The van der Waals surface area contributed by atoms with Gasteiger partial charge in [-0.25, -0.2) is 4.79 Å². The van der Waals surface area contributed by atoms with E-state index in [1.807, 2.05) is 17.0 Å². The highest BCUT2D eigenvalue weighted by molar-refractivity contribution is 5.91. The number of hydrogen-bond acceptors (Lipinski definition) is 4. The molecule has 144 valence electrons. The maximum absolute atomic E-state index is 12.6. The number of benzene rings is 1. The van der Waals surface area contributed by atoms with Crippen molar-refractivity contribution in [1.82, 2.24) is 9.80 Å². The first-order valence-electron chi connectivity index (χ1n) is 9.70. The van der Waals surface area contributed by atoms with Crippen molar-refractivity contribution in [3.63, 3.8) is 0 Å². The fraction of sp³-hybridized carbons (Fsp3) is 0.650. The normalized spacial score (nSPS) is 19.2. The number of hydrogen-bond donors (Lipinski definition) is 1. The number of amides is 2. The third-order valence-corrected chi connectivity index (χ3v) is 5.52. The Morgan fingerprint density at radius 2 is 1.81 bits per heavy atom. The van der Waals surface area contributed by atoms with Crippen molar-refractivity contribution in [1.29, 1.82) is 0 Å². The van der Waals surface area contributed by atoms with Gasteiger partial charge >= 0.3 is 6.03 Å². The molecule has 0 aromatic heterocycles. The number of urea groups is 1. The van der Waals surface area contributed by atoms with E-state index in [-0.39, 0.29) is 6.03 Å². The number of anilines is 1. The molecule has 0 radical (unpaired) electrons. The van der Waals surface area contributed by atoms with Crippen LogP contribution in [0.3, 0.4) is 0 Å². The zero-order valence-electron chi connectivity index (χ0n) is 16.0. The van der Waals surface area contributed by atoms with Crippen LogP contribution >= 0.6 is 0 Å². The van der Waals surface area contributed by atoms with Crippen LogP contribution in [0.5, 0.6) is 11.5 Å². The lowest BCUT2D eigenvalue weighted by Crippen LogP contribution is -2.44. The molecule has 0 bridgehead atoms. The molecule has 0 spiro atoms. The smallest absolute Gasteiger partial charge is 0.321 e. The zero-order valence-corrected chi connectivity index (χ0v) is 16.0. The molecule has 26 heavy (non-hydrogen) atoms. The molecule has 2 saturated heterocycles. The largest absolute Gasteiger partial charge is 0.497 e. The SMILES string of the molecule is COc1ccc(NC(=O)N2CCC(CN3CCCCC3)CC2)c(OC)c1. The number of likely N-dealkylation sites (tertiary alicyclic amines) is 2. The van der Waals surface area contributed by atoms with Gasteiger partial charge in [-0.05, 0) is 56.8 Å². The van der Waals surface area contributed by atoms with Crippen LogP contribution in [0.15, 0.2) is 18.2 Å². The second-order valence-corrected chi connectivity index (χ2v) is 7.29. The molecule has 1 aromatic carbocycles. The van der Waals surface area contributed by atoms with Crippen molar-refractivity contribution in [3.05, 3.63) is 18.2 Å². The Labute approximate surface area is 156 Å². The maximum atomic E-state index is 12.6. The minimum absolute atomic E-state index is 0.0510. The lowest BCUT2D eigenvalue weighted by molar-refractivity contribution is 0.142. The van der Waals surface area contributed by atoms with Gasteiger partial charge in [-0.3, -0.25) is 0 Å². The van der Waals surface area contributed by atoms with Crippen molar-refractivity contribution in [3.8, 4) is 11.5 Å². The number of ether oxygens (including phenoxy) is 2. The van der Waals surface area contributed by atoms with Crippen molar-refractivity contribution in [2.75, 3.05) is 52.3 Å². The Kier molecular flexibility index (Phi) is 6.61. The lowest BCUT2D eigenvalue weighted by atomic mass is 9.95. The fourth-order valence-corrected chi connectivity index (χ4v) is 3.92. The molecular formula is C20H31N3O3. The molecule has 0 atom stereocenters. The van der Waals surface area contributed by atoms with Gasteiger partial charge in [0.1, 0.15) is 11.5 Å². The number of rotatable bonds is 5. The molecule has 0 aliphatic carbocycles. The van der Waals surface area contributed by atoms with Gasteiger partial charge < -0.3 is 24.6 Å². The van der Waals surface area contributed by atoms with E-state index in [1.165, 1.54) is 38.9 Å². The van der Waals surface area contributed by atoms with Gasteiger partial charge in [-0.15, -0.1) is 0 Å². The quantitative estimate of drug-likeness (QED) is 0.873. The molecule has 3 rings (SSSR count). The van der Waals surface area contributed by atoms with Crippen LogP contribution in [0.25, 0.3) is 0 Å². The van der Waals surface area contributed by atoms with Crippen LogP contribution in [0.4, 0.5) is 10.5 Å². The summed E-state index contributed by atoms with van der Waals surface area (Å²) in [5.41, 5.74) is 0.675. The first kappa shape index (κ1) is 18.8. The average molecular weight is 361 g/mol. The molecule has 1 aromatic rings. The number of nitrogens with zero attached hydrogens (tertiary/aromatic N) is 2. The van der Waals surface area contributed by atoms with Crippen molar-refractivity contribution in [2.45, 2.75) is 32.1 Å². The molecular weight excluding hydrogens is 330 g/mol. The molecule has 2 fully saturated rings. The number of carbonyl (C=O) groups is 1. The summed E-state index contributed by atoms with van der Waals surface area (Å²) >= 11 is 0. The molecule has 6 heteroatoms. The Morgan fingerprint density at radius 1 is 1.08 bits per heavy atom. The molecule has 2 aliphatic heterocycles. The van der Waals surface area contributed by atoms with E-state index in [1.54, 1.807) is 20.3 Å². The molecule has 2 amide bonds. The van der Waals surface area contributed by atoms with Gasteiger partial charge in [0.2, 0.25) is 0 Å². The topological polar surface area (TPSA) is 54.0 Å². The molecule has 2 aliphatic rings. The summed E-state index contributed by atoms with van der Waals surface area (Å²) in [6, 6.07) is 5.37. The van der Waals surface area contributed by atoms with Crippen molar-refractivity contribution >= 4 is 11.7 Å². The van der Waals surface area contributed by atoms with E-state index in [0.29, 0.717) is 23.1 Å². The highest BCUT2D eigenvalue weighted by Crippen LogP contribution is 2.29. The minimum atomic E-state index is -0.0510. The van der Waals surface area contributed by atoms with Crippen LogP contribution in [0, 0.1) is 5.92 Å². The summed E-state index contributed by atoms with van der Waals surface area (Å²) in [4.78, 5) is 17.1. The summed E-state index contributed by atoms with van der Waals surface area (Å²) in [6.07, 6.45) is 6.23. The molecule has 1 N–H and O–H groups in total. The van der Waals surface area contributed by atoms with E-state index in [9.17, 15) is 4.79 Å². The standard InChI is InChI=1S/C20H31N3O3/c1-25-17-6-7-18(19(14-17)26-2)21-20(24)23-12-8-16(9-13-23)15-22-10-4-3-5-11-22/h6-7,14,16H,3-5,8-13,15H2,1-2H3,(H,21,24). The number of nitrogens with one attached hydrogen (secondary N) is 1. The van der Waals surface area contributed by atoms with Gasteiger partial charge in [0.15, 0.2) is 0 Å². The molecule has 6 nitrogen and oxygen atoms in total. The first-order chi connectivity index (χ1) is 12.7. The van der Waals surface area contributed by atoms with E-state index in [0.717, 1.165) is 25.9 Å². The van der Waals surface area contributed by atoms with Gasteiger partial charge in [-0.1, -0.05) is 6.42 Å². The lowest BCUT2D eigenvalue weighted by Gasteiger charge is -2.36. The minimum Gasteiger partial charge on any atom is -0.497 e. The fourth-order valence-electron chi connectivity index (χ4n) is 3.92. The van der Waals surface area contributed by atoms with Crippen LogP contribution in [0.1, 0.15) is 32.1 Å². The van der Waals surface area contributed by atoms with Gasteiger partial charge in [0.05, 0.1) is 19.9 Å². The maximum Gasteiger partial charge on any atom is 0.321 e. The number of carbonyl (C=O) groups excluding carboxylic acids is 1. The van der Waals surface area contributed by atoms with E-state index in [2.05, 4.69) is 10.2 Å². The summed E-state index contributed by atoms with van der Waals surface area (Å²) in [5.74, 6) is 2.03. The Morgan fingerprint density at radius 3 is 2.46 bits per heavy atom. The molecule has 0 unspecified atom stereocenters. The zero-order chi connectivity index (χ0) is 18.4. The van der Waals surface area contributed by atoms with Crippen molar-refractivity contribution in [2.24, 2.45) is 5.92 Å². The average Bonchev–Trinajstić information content (AvgIpc) is 2.69. The number of methoxy groups -OCH3 is 2. The molecule has 2 heterocycles. The molecule has 0 saturated carbocycles. The highest BCUT2D eigenvalue weighted by Gasteiger charge is 2.25. The second-order valence-electron chi connectivity index (χ2n) is 7.29.